The standard InChI is InChI=1S/C23H24N2O6/c1-5-13-8-7-9-14(23(28)29)20(13)24-21(26)17-12-25(6-2)22(27)16-11-19(31-4)18(30-3)10-15(16)17/h7-12H,5-6H2,1-4H3,(H,24,26)(H,28,29). The molecule has 0 aliphatic rings. The Morgan fingerprint density at radius 3 is 2.23 bits per heavy atom. The van der Waals surface area contributed by atoms with Crippen LogP contribution in [0.15, 0.2) is 41.3 Å². The SMILES string of the molecule is CCc1cccc(C(=O)O)c1NC(=O)c1cn(CC)c(=O)c2cc(OC)c(OC)cc12. The minimum absolute atomic E-state index is 0.0000633. The molecule has 0 atom stereocenters. The van der Waals surface area contributed by atoms with Gasteiger partial charge in [0.1, 0.15) is 0 Å². The monoisotopic (exact) mass is 424 g/mol. The Morgan fingerprint density at radius 1 is 1.03 bits per heavy atom. The maximum atomic E-state index is 13.3. The quantitative estimate of drug-likeness (QED) is 0.601. The van der Waals surface area contributed by atoms with Crippen molar-refractivity contribution in [3.8, 4) is 11.5 Å². The Kier molecular flexibility index (Phi) is 6.29. The summed E-state index contributed by atoms with van der Waals surface area (Å²) in [7, 11) is 2.93. The van der Waals surface area contributed by atoms with Crippen molar-refractivity contribution in [2.24, 2.45) is 0 Å². The molecule has 8 nitrogen and oxygen atoms in total. The van der Waals surface area contributed by atoms with Gasteiger partial charge in [0.2, 0.25) is 0 Å². The van der Waals surface area contributed by atoms with Crippen molar-refractivity contribution in [2.45, 2.75) is 26.8 Å². The minimum Gasteiger partial charge on any atom is -0.493 e. The molecule has 0 bridgehead atoms. The van der Waals surface area contributed by atoms with Crippen molar-refractivity contribution in [1.82, 2.24) is 4.57 Å². The van der Waals surface area contributed by atoms with Crippen LogP contribution in [0.3, 0.4) is 0 Å². The fourth-order valence-corrected chi connectivity index (χ4v) is 3.53. The number of hydrogen-bond acceptors (Lipinski definition) is 5. The molecule has 2 N–H and O–H groups in total. The van der Waals surface area contributed by atoms with E-state index in [2.05, 4.69) is 5.32 Å². The van der Waals surface area contributed by atoms with Crippen LogP contribution in [0.1, 0.15) is 40.1 Å². The maximum absolute atomic E-state index is 13.3. The first kappa shape index (κ1) is 21.9. The molecule has 1 aromatic heterocycles. The van der Waals surface area contributed by atoms with Gasteiger partial charge in [-0.2, -0.15) is 0 Å². The smallest absolute Gasteiger partial charge is 0.337 e. The number of carboxylic acid groups (broad SMARTS) is 1. The second-order valence-corrected chi connectivity index (χ2v) is 6.84. The Labute approximate surface area is 179 Å². The number of carbonyl (C=O) groups excluding carboxylic acids is 1. The number of anilines is 1. The van der Waals surface area contributed by atoms with E-state index in [0.29, 0.717) is 40.8 Å². The van der Waals surface area contributed by atoms with Crippen LogP contribution in [0.25, 0.3) is 10.8 Å². The number of aryl methyl sites for hydroxylation is 2. The zero-order chi connectivity index (χ0) is 22.7. The van der Waals surface area contributed by atoms with Gasteiger partial charge in [0, 0.05) is 18.1 Å². The summed E-state index contributed by atoms with van der Waals surface area (Å²) < 4.78 is 12.1. The van der Waals surface area contributed by atoms with Gasteiger partial charge in [0.25, 0.3) is 11.5 Å². The van der Waals surface area contributed by atoms with E-state index in [0.717, 1.165) is 0 Å². The van der Waals surface area contributed by atoms with Crippen LogP contribution in [-0.2, 0) is 13.0 Å². The molecule has 0 fully saturated rings. The molecular weight excluding hydrogens is 400 g/mol. The van der Waals surface area contributed by atoms with Gasteiger partial charge in [0.05, 0.1) is 36.4 Å². The number of carbonyl (C=O) groups is 2. The topological polar surface area (TPSA) is 107 Å². The third kappa shape index (κ3) is 3.96. The second-order valence-electron chi connectivity index (χ2n) is 6.84. The van der Waals surface area contributed by atoms with Gasteiger partial charge in [-0.15, -0.1) is 0 Å². The molecule has 8 heteroatoms. The summed E-state index contributed by atoms with van der Waals surface area (Å²) in [6, 6.07) is 7.97. The normalized spacial score (nSPS) is 10.7. The summed E-state index contributed by atoms with van der Waals surface area (Å²) in [5.41, 5.74) is 0.890. The third-order valence-electron chi connectivity index (χ3n) is 5.18. The van der Waals surface area contributed by atoms with E-state index in [1.54, 1.807) is 31.2 Å². The van der Waals surface area contributed by atoms with E-state index >= 15 is 0 Å². The van der Waals surface area contributed by atoms with Crippen molar-refractivity contribution in [3.63, 3.8) is 0 Å². The molecule has 0 aliphatic heterocycles. The van der Waals surface area contributed by atoms with E-state index in [-0.39, 0.29) is 22.4 Å². The molecule has 0 spiro atoms. The van der Waals surface area contributed by atoms with Crippen LogP contribution in [0.4, 0.5) is 5.69 Å². The van der Waals surface area contributed by atoms with Crippen molar-refractivity contribution in [3.05, 3.63) is 63.6 Å². The number of benzene rings is 2. The van der Waals surface area contributed by atoms with Crippen LogP contribution in [0, 0.1) is 0 Å². The largest absolute Gasteiger partial charge is 0.493 e. The van der Waals surface area contributed by atoms with E-state index in [4.69, 9.17) is 9.47 Å². The molecule has 0 saturated heterocycles. The van der Waals surface area contributed by atoms with Gasteiger partial charge in [-0.3, -0.25) is 9.59 Å². The number of carboxylic acids is 1. The highest BCUT2D eigenvalue weighted by atomic mass is 16.5. The minimum atomic E-state index is -1.14. The lowest BCUT2D eigenvalue weighted by Crippen LogP contribution is -2.24. The van der Waals surface area contributed by atoms with Crippen LogP contribution in [0.5, 0.6) is 11.5 Å². The van der Waals surface area contributed by atoms with Gasteiger partial charge in [0.15, 0.2) is 11.5 Å². The zero-order valence-electron chi connectivity index (χ0n) is 17.8. The number of aromatic nitrogens is 1. The van der Waals surface area contributed by atoms with Gasteiger partial charge in [-0.1, -0.05) is 19.1 Å². The molecule has 162 valence electrons. The van der Waals surface area contributed by atoms with Gasteiger partial charge in [-0.05, 0) is 37.1 Å². The van der Waals surface area contributed by atoms with Crippen molar-refractivity contribution < 1.29 is 24.2 Å². The fraction of sp³-hybridized carbons (Fsp3) is 0.261. The molecule has 2 aromatic carbocycles. The van der Waals surface area contributed by atoms with Crippen LogP contribution >= 0.6 is 0 Å². The number of fused-ring (bicyclic) bond motifs is 1. The predicted molar refractivity (Wildman–Crippen MR) is 118 cm³/mol. The first-order chi connectivity index (χ1) is 14.9. The van der Waals surface area contributed by atoms with Gasteiger partial charge in [-0.25, -0.2) is 4.79 Å². The highest BCUT2D eigenvalue weighted by Crippen LogP contribution is 2.33. The summed E-state index contributed by atoms with van der Waals surface area (Å²) >= 11 is 0. The molecular formula is C23H24N2O6. The van der Waals surface area contributed by atoms with Crippen LogP contribution in [-0.4, -0.2) is 35.8 Å². The molecule has 1 heterocycles. The lowest BCUT2D eigenvalue weighted by molar-refractivity contribution is 0.0698. The van der Waals surface area contributed by atoms with Gasteiger partial charge >= 0.3 is 5.97 Å². The Morgan fingerprint density at radius 2 is 1.68 bits per heavy atom. The van der Waals surface area contributed by atoms with Crippen molar-refractivity contribution in [1.29, 1.82) is 0 Å². The number of aromatic carboxylic acids is 1. The number of ether oxygens (including phenoxy) is 2. The lowest BCUT2D eigenvalue weighted by Gasteiger charge is -2.16. The lowest BCUT2D eigenvalue weighted by atomic mass is 10.0. The molecule has 1 amide bonds. The van der Waals surface area contributed by atoms with Crippen LogP contribution < -0.4 is 20.3 Å². The van der Waals surface area contributed by atoms with Crippen LogP contribution in [0.2, 0.25) is 0 Å². The average Bonchev–Trinajstić information content (AvgIpc) is 2.78. The Balaban J connectivity index is 2.24. The first-order valence-corrected chi connectivity index (χ1v) is 9.81. The molecule has 0 aliphatic carbocycles. The molecule has 3 rings (SSSR count). The van der Waals surface area contributed by atoms with Gasteiger partial charge < -0.3 is 24.5 Å². The molecule has 0 unspecified atom stereocenters. The highest BCUT2D eigenvalue weighted by Gasteiger charge is 2.21. The van der Waals surface area contributed by atoms with E-state index in [1.165, 1.54) is 31.0 Å². The Bertz CT molecular complexity index is 1230. The molecule has 0 radical (unpaired) electrons. The predicted octanol–water partition coefficient (Wildman–Crippen LogP) is 3.55. The first-order valence-electron chi connectivity index (χ1n) is 9.81. The number of para-hydroxylation sites is 1. The number of amides is 1. The summed E-state index contributed by atoms with van der Waals surface area (Å²) in [6.07, 6.45) is 2.01. The molecule has 3 aromatic rings. The molecule has 0 saturated carbocycles. The van der Waals surface area contributed by atoms with Crippen molar-refractivity contribution in [2.75, 3.05) is 19.5 Å². The summed E-state index contributed by atoms with van der Waals surface area (Å²) in [4.78, 5) is 37.9. The summed E-state index contributed by atoms with van der Waals surface area (Å²) in [5.74, 6) is -0.919. The summed E-state index contributed by atoms with van der Waals surface area (Å²) in [5, 5.41) is 13.0. The van der Waals surface area contributed by atoms with E-state index in [1.807, 2.05) is 6.92 Å². The maximum Gasteiger partial charge on any atom is 0.337 e. The number of nitrogens with one attached hydrogen (secondary N) is 1. The highest BCUT2D eigenvalue weighted by molar-refractivity contribution is 6.14. The zero-order valence-corrected chi connectivity index (χ0v) is 17.8. The number of hydrogen-bond donors (Lipinski definition) is 2. The summed E-state index contributed by atoms with van der Waals surface area (Å²) in [6.45, 7) is 4.03. The number of nitrogens with zero attached hydrogens (tertiary/aromatic N) is 1. The molecule has 31 heavy (non-hydrogen) atoms. The average molecular weight is 424 g/mol. The van der Waals surface area contributed by atoms with Crippen molar-refractivity contribution >= 4 is 28.3 Å². The van der Waals surface area contributed by atoms with E-state index in [9.17, 15) is 19.5 Å². The Hall–Kier alpha value is -3.81. The fourth-order valence-electron chi connectivity index (χ4n) is 3.53. The van der Waals surface area contributed by atoms with E-state index < -0.39 is 11.9 Å². The number of methoxy groups -OCH3 is 2. The third-order valence-corrected chi connectivity index (χ3v) is 5.18. The number of pyridine rings is 1. The number of rotatable bonds is 7. The second kappa shape index (κ2) is 8.91.